The Hall–Kier alpha value is -1.35. The van der Waals surface area contributed by atoms with Gasteiger partial charge in [0.2, 0.25) is 0 Å². The quantitative estimate of drug-likeness (QED) is 0.859. The molecule has 94 valence electrons. The second-order valence-electron chi connectivity index (χ2n) is 5.14. The van der Waals surface area contributed by atoms with Crippen LogP contribution in [0.3, 0.4) is 0 Å². The topological polar surface area (TPSA) is 24.9 Å². The minimum Gasteiger partial charge on any atom is -0.383 e. The molecule has 1 aliphatic carbocycles. The van der Waals surface area contributed by atoms with E-state index in [1.807, 2.05) is 11.6 Å². The largest absolute Gasteiger partial charge is 0.383 e. The van der Waals surface area contributed by atoms with Crippen LogP contribution in [-0.2, 0) is 0 Å². The predicted molar refractivity (Wildman–Crippen MR) is 78.0 cm³/mol. The fourth-order valence-corrected chi connectivity index (χ4v) is 2.92. The average Bonchev–Trinajstić information content (AvgIpc) is 3.01. The smallest absolute Gasteiger partial charge is 0.123 e. The Morgan fingerprint density at radius 1 is 1.33 bits per heavy atom. The molecule has 0 bridgehead atoms. The number of anilines is 1. The summed E-state index contributed by atoms with van der Waals surface area (Å²) in [5, 5.41) is 6.67. The van der Waals surface area contributed by atoms with Crippen molar-refractivity contribution in [3.63, 3.8) is 0 Å². The highest BCUT2D eigenvalue weighted by molar-refractivity contribution is 7.13. The molecule has 1 N–H and O–H groups in total. The number of thiazole rings is 1. The molecule has 2 nitrogen and oxygen atoms in total. The van der Waals surface area contributed by atoms with E-state index in [9.17, 15) is 0 Å². The molecule has 1 heterocycles. The van der Waals surface area contributed by atoms with E-state index in [0.29, 0.717) is 6.04 Å². The first kappa shape index (κ1) is 11.7. The first-order chi connectivity index (χ1) is 8.81. The van der Waals surface area contributed by atoms with Crippen molar-refractivity contribution in [3.8, 4) is 10.6 Å². The van der Waals surface area contributed by atoms with Gasteiger partial charge >= 0.3 is 0 Å². The highest BCUT2D eigenvalue weighted by atomic mass is 32.1. The molecular formula is C15H18N2S. The molecule has 1 aliphatic rings. The fourth-order valence-electron chi connectivity index (χ4n) is 2.27. The van der Waals surface area contributed by atoms with Crippen LogP contribution in [0.4, 0.5) is 5.69 Å². The monoisotopic (exact) mass is 258 g/mol. The van der Waals surface area contributed by atoms with Crippen LogP contribution < -0.4 is 5.32 Å². The summed E-state index contributed by atoms with van der Waals surface area (Å²) in [6, 6.07) is 9.17. The van der Waals surface area contributed by atoms with Gasteiger partial charge in [-0.2, -0.15) is 0 Å². The van der Waals surface area contributed by atoms with Gasteiger partial charge in [0.05, 0.1) is 0 Å². The second-order valence-corrected chi connectivity index (χ2v) is 6.03. The second kappa shape index (κ2) is 5.11. The van der Waals surface area contributed by atoms with Gasteiger partial charge in [-0.05, 0) is 43.5 Å². The summed E-state index contributed by atoms with van der Waals surface area (Å²) < 4.78 is 0. The van der Waals surface area contributed by atoms with E-state index in [0.717, 1.165) is 10.9 Å². The van der Waals surface area contributed by atoms with E-state index >= 15 is 0 Å². The zero-order valence-corrected chi connectivity index (χ0v) is 11.4. The van der Waals surface area contributed by atoms with Crippen LogP contribution in [0.1, 0.15) is 26.2 Å². The summed E-state index contributed by atoms with van der Waals surface area (Å²) in [6.07, 6.45) is 6.00. The molecule has 1 fully saturated rings. The minimum atomic E-state index is 0.572. The Morgan fingerprint density at radius 3 is 2.72 bits per heavy atom. The summed E-state index contributed by atoms with van der Waals surface area (Å²) >= 11 is 1.68. The zero-order valence-electron chi connectivity index (χ0n) is 10.6. The van der Waals surface area contributed by atoms with Crippen molar-refractivity contribution in [1.29, 1.82) is 0 Å². The molecule has 3 rings (SSSR count). The molecule has 1 unspecified atom stereocenters. The van der Waals surface area contributed by atoms with E-state index in [-0.39, 0.29) is 0 Å². The maximum Gasteiger partial charge on any atom is 0.123 e. The van der Waals surface area contributed by atoms with E-state index in [4.69, 9.17) is 0 Å². The fraction of sp³-hybridized carbons (Fsp3) is 0.400. The number of hydrogen-bond donors (Lipinski definition) is 1. The summed E-state index contributed by atoms with van der Waals surface area (Å²) in [5.74, 6) is 0.974. The van der Waals surface area contributed by atoms with Gasteiger partial charge < -0.3 is 5.32 Å². The highest BCUT2D eigenvalue weighted by Crippen LogP contribution is 2.34. The normalized spacial score (nSPS) is 16.5. The van der Waals surface area contributed by atoms with Crippen molar-refractivity contribution in [1.82, 2.24) is 4.98 Å². The summed E-state index contributed by atoms with van der Waals surface area (Å²) in [6.45, 7) is 2.27. The van der Waals surface area contributed by atoms with Crippen molar-refractivity contribution in [2.75, 3.05) is 5.32 Å². The first-order valence-corrected chi connectivity index (χ1v) is 7.46. The lowest BCUT2D eigenvalue weighted by Crippen LogP contribution is -2.15. The zero-order chi connectivity index (χ0) is 12.4. The number of nitrogens with zero attached hydrogens (tertiary/aromatic N) is 1. The summed E-state index contributed by atoms with van der Waals surface area (Å²) in [4.78, 5) is 4.32. The molecule has 3 heteroatoms. The standard InChI is InChI=1S/C15H18N2S/c1-11(10-12-2-3-12)17-14-6-4-13(5-7-14)15-16-8-9-18-15/h4-9,11-12,17H,2-3,10H2,1H3. The number of aromatic nitrogens is 1. The van der Waals surface area contributed by atoms with Crippen molar-refractivity contribution in [3.05, 3.63) is 35.8 Å². The molecule has 18 heavy (non-hydrogen) atoms. The average molecular weight is 258 g/mol. The van der Waals surface area contributed by atoms with Gasteiger partial charge in [-0.25, -0.2) is 4.98 Å². The van der Waals surface area contributed by atoms with Crippen LogP contribution in [0.25, 0.3) is 10.6 Å². The Morgan fingerprint density at radius 2 is 2.11 bits per heavy atom. The minimum absolute atomic E-state index is 0.572. The van der Waals surface area contributed by atoms with Crippen LogP contribution in [-0.4, -0.2) is 11.0 Å². The molecule has 0 amide bonds. The lowest BCUT2D eigenvalue weighted by atomic mass is 10.1. The van der Waals surface area contributed by atoms with Crippen LogP contribution in [0.2, 0.25) is 0 Å². The maximum absolute atomic E-state index is 4.32. The molecule has 1 aromatic carbocycles. The Kier molecular flexibility index (Phi) is 3.33. The highest BCUT2D eigenvalue weighted by Gasteiger charge is 2.23. The van der Waals surface area contributed by atoms with Crippen LogP contribution in [0.15, 0.2) is 35.8 Å². The molecule has 1 saturated carbocycles. The Balaban J connectivity index is 1.63. The van der Waals surface area contributed by atoms with Gasteiger partial charge in [0.25, 0.3) is 0 Å². The molecular weight excluding hydrogens is 240 g/mol. The molecule has 0 radical (unpaired) electrons. The number of hydrogen-bond acceptors (Lipinski definition) is 3. The maximum atomic E-state index is 4.32. The van der Waals surface area contributed by atoms with E-state index < -0.39 is 0 Å². The molecule has 0 aliphatic heterocycles. The summed E-state index contributed by atoms with van der Waals surface area (Å²) in [5.41, 5.74) is 2.41. The van der Waals surface area contributed by atoms with Crippen molar-refractivity contribution >= 4 is 17.0 Å². The van der Waals surface area contributed by atoms with E-state index in [1.54, 1.807) is 11.3 Å². The van der Waals surface area contributed by atoms with Crippen LogP contribution >= 0.6 is 11.3 Å². The van der Waals surface area contributed by atoms with Gasteiger partial charge in [0.15, 0.2) is 0 Å². The van der Waals surface area contributed by atoms with Crippen LogP contribution in [0, 0.1) is 5.92 Å². The SMILES string of the molecule is CC(CC1CC1)Nc1ccc(-c2nccs2)cc1. The third kappa shape index (κ3) is 2.91. The number of benzene rings is 1. The third-order valence-electron chi connectivity index (χ3n) is 3.36. The third-order valence-corrected chi connectivity index (χ3v) is 4.18. The molecule has 2 aromatic rings. The van der Waals surface area contributed by atoms with E-state index in [2.05, 4.69) is 41.5 Å². The molecule has 0 saturated heterocycles. The van der Waals surface area contributed by atoms with Gasteiger partial charge in [-0.15, -0.1) is 11.3 Å². The van der Waals surface area contributed by atoms with E-state index in [1.165, 1.54) is 30.5 Å². The van der Waals surface area contributed by atoms with Gasteiger partial charge in [0, 0.05) is 28.9 Å². The van der Waals surface area contributed by atoms with Crippen LogP contribution in [0.5, 0.6) is 0 Å². The van der Waals surface area contributed by atoms with Crippen molar-refractivity contribution in [2.24, 2.45) is 5.92 Å². The molecule has 1 aromatic heterocycles. The lowest BCUT2D eigenvalue weighted by Gasteiger charge is -2.14. The van der Waals surface area contributed by atoms with Crippen molar-refractivity contribution in [2.45, 2.75) is 32.2 Å². The molecule has 1 atom stereocenters. The molecule has 0 spiro atoms. The Bertz CT molecular complexity index is 486. The van der Waals surface area contributed by atoms with Crippen molar-refractivity contribution < 1.29 is 0 Å². The van der Waals surface area contributed by atoms with Gasteiger partial charge in [-0.3, -0.25) is 0 Å². The van der Waals surface area contributed by atoms with Gasteiger partial charge in [0.1, 0.15) is 5.01 Å². The number of nitrogens with one attached hydrogen (secondary N) is 1. The lowest BCUT2D eigenvalue weighted by molar-refractivity contribution is 0.642. The number of rotatable bonds is 5. The first-order valence-electron chi connectivity index (χ1n) is 6.58. The van der Waals surface area contributed by atoms with Gasteiger partial charge in [-0.1, -0.05) is 12.8 Å². The Labute approximate surface area is 112 Å². The summed E-state index contributed by atoms with van der Waals surface area (Å²) in [7, 11) is 0. The predicted octanol–water partition coefficient (Wildman–Crippen LogP) is 4.41.